The average molecular weight is 418 g/mol. The van der Waals surface area contributed by atoms with Gasteiger partial charge >= 0.3 is 11.9 Å². The number of nitrogens with one attached hydrogen (secondary N) is 3. The second-order valence-electron chi connectivity index (χ2n) is 6.69. The van der Waals surface area contributed by atoms with Crippen LogP contribution < -0.4 is 21.7 Å². The lowest BCUT2D eigenvalue weighted by atomic mass is 9.98. The summed E-state index contributed by atoms with van der Waals surface area (Å²) in [6.07, 6.45) is -1.64. The molecule has 0 aromatic rings. The molecular formula is C17H30N4O8. The third-order valence-corrected chi connectivity index (χ3v) is 4.32. The molecule has 12 nitrogen and oxygen atoms in total. The summed E-state index contributed by atoms with van der Waals surface area (Å²) in [5.41, 5.74) is 5.18. The topological polar surface area (TPSA) is 208 Å². The number of carboxylic acid groups (broad SMARTS) is 2. The number of aliphatic carboxylic acids is 2. The van der Waals surface area contributed by atoms with E-state index in [0.29, 0.717) is 6.42 Å². The molecule has 0 aromatic carbocycles. The van der Waals surface area contributed by atoms with Gasteiger partial charge in [0.05, 0.1) is 12.6 Å². The molecule has 5 atom stereocenters. The SMILES string of the molecule is CCC(C)C(NC(=O)C(NC(=O)C(CCC(=O)O)NC(=O)CN)C(C)O)C(=O)O. The van der Waals surface area contributed by atoms with Gasteiger partial charge in [-0.15, -0.1) is 0 Å². The number of hydrogen-bond donors (Lipinski definition) is 7. The molecule has 0 spiro atoms. The third kappa shape index (κ3) is 9.34. The number of amides is 3. The van der Waals surface area contributed by atoms with Crippen LogP contribution in [0.5, 0.6) is 0 Å². The number of aliphatic hydroxyl groups excluding tert-OH is 1. The minimum Gasteiger partial charge on any atom is -0.481 e. The molecule has 0 aliphatic heterocycles. The van der Waals surface area contributed by atoms with Crippen molar-refractivity contribution in [1.29, 1.82) is 0 Å². The second-order valence-corrected chi connectivity index (χ2v) is 6.69. The maximum atomic E-state index is 12.5. The quantitative estimate of drug-likeness (QED) is 0.172. The fourth-order valence-corrected chi connectivity index (χ4v) is 2.38. The highest BCUT2D eigenvalue weighted by Crippen LogP contribution is 2.09. The van der Waals surface area contributed by atoms with E-state index in [1.807, 2.05) is 0 Å². The minimum atomic E-state index is -1.52. The van der Waals surface area contributed by atoms with E-state index in [1.54, 1.807) is 13.8 Å². The predicted octanol–water partition coefficient (Wildman–Crippen LogP) is -2.22. The summed E-state index contributed by atoms with van der Waals surface area (Å²) >= 11 is 0. The molecule has 8 N–H and O–H groups in total. The highest BCUT2D eigenvalue weighted by Gasteiger charge is 2.33. The molecule has 3 amide bonds. The number of aliphatic hydroxyl groups is 1. The van der Waals surface area contributed by atoms with Crippen LogP contribution in [0.2, 0.25) is 0 Å². The Labute approximate surface area is 168 Å². The van der Waals surface area contributed by atoms with Gasteiger partial charge in [-0.2, -0.15) is 0 Å². The van der Waals surface area contributed by atoms with E-state index in [2.05, 4.69) is 16.0 Å². The summed E-state index contributed by atoms with van der Waals surface area (Å²) in [6, 6.07) is -4.05. The summed E-state index contributed by atoms with van der Waals surface area (Å²) in [5, 5.41) is 34.7. The molecule has 0 saturated heterocycles. The van der Waals surface area contributed by atoms with Crippen molar-refractivity contribution < 1.29 is 39.3 Å². The van der Waals surface area contributed by atoms with Crippen LogP contribution in [0.1, 0.15) is 40.0 Å². The maximum absolute atomic E-state index is 12.5. The van der Waals surface area contributed by atoms with Crippen molar-refractivity contribution >= 4 is 29.7 Å². The maximum Gasteiger partial charge on any atom is 0.326 e. The zero-order chi connectivity index (χ0) is 22.7. The Morgan fingerprint density at radius 2 is 1.48 bits per heavy atom. The van der Waals surface area contributed by atoms with Crippen LogP contribution in [0.25, 0.3) is 0 Å². The van der Waals surface area contributed by atoms with Gasteiger partial charge in [0.2, 0.25) is 17.7 Å². The molecule has 0 rings (SSSR count). The van der Waals surface area contributed by atoms with Crippen molar-refractivity contribution in [1.82, 2.24) is 16.0 Å². The molecule has 0 bridgehead atoms. The fourth-order valence-electron chi connectivity index (χ4n) is 2.38. The first-order chi connectivity index (χ1) is 13.4. The summed E-state index contributed by atoms with van der Waals surface area (Å²) in [7, 11) is 0. The first-order valence-corrected chi connectivity index (χ1v) is 9.17. The zero-order valence-electron chi connectivity index (χ0n) is 16.7. The molecule has 0 aliphatic rings. The number of nitrogens with two attached hydrogens (primary N) is 1. The van der Waals surface area contributed by atoms with E-state index in [4.69, 9.17) is 10.8 Å². The molecule has 0 fully saturated rings. The Hall–Kier alpha value is -2.73. The number of rotatable bonds is 13. The molecule has 29 heavy (non-hydrogen) atoms. The van der Waals surface area contributed by atoms with Gasteiger partial charge in [0, 0.05) is 6.42 Å². The minimum absolute atomic E-state index is 0.272. The highest BCUT2D eigenvalue weighted by atomic mass is 16.4. The molecule has 0 heterocycles. The Kier molecular flexibility index (Phi) is 11.5. The normalized spacial score (nSPS) is 15.9. The van der Waals surface area contributed by atoms with Gasteiger partial charge in [0.1, 0.15) is 18.1 Å². The van der Waals surface area contributed by atoms with E-state index in [0.717, 1.165) is 0 Å². The van der Waals surface area contributed by atoms with Crippen molar-refractivity contribution in [2.24, 2.45) is 11.7 Å². The molecule has 0 aromatic heterocycles. The van der Waals surface area contributed by atoms with Gasteiger partial charge in [-0.05, 0) is 19.3 Å². The largest absolute Gasteiger partial charge is 0.481 e. The van der Waals surface area contributed by atoms with Crippen molar-refractivity contribution in [2.75, 3.05) is 6.54 Å². The molecule has 0 radical (unpaired) electrons. The van der Waals surface area contributed by atoms with Crippen LogP contribution in [0, 0.1) is 5.92 Å². The van der Waals surface area contributed by atoms with E-state index in [1.165, 1.54) is 6.92 Å². The van der Waals surface area contributed by atoms with Gasteiger partial charge in [0.15, 0.2) is 0 Å². The van der Waals surface area contributed by atoms with Crippen molar-refractivity contribution in [3.05, 3.63) is 0 Å². The Morgan fingerprint density at radius 3 is 1.90 bits per heavy atom. The van der Waals surface area contributed by atoms with E-state index < -0.39 is 72.8 Å². The lowest BCUT2D eigenvalue weighted by Crippen LogP contribution is -2.60. The van der Waals surface area contributed by atoms with Crippen molar-refractivity contribution in [3.63, 3.8) is 0 Å². The Balaban J connectivity index is 5.36. The van der Waals surface area contributed by atoms with Crippen LogP contribution >= 0.6 is 0 Å². The number of carbonyl (C=O) groups excluding carboxylic acids is 3. The predicted molar refractivity (Wildman–Crippen MR) is 100 cm³/mol. The van der Waals surface area contributed by atoms with Gasteiger partial charge < -0.3 is 37.0 Å². The van der Waals surface area contributed by atoms with Gasteiger partial charge in [-0.3, -0.25) is 19.2 Å². The third-order valence-electron chi connectivity index (χ3n) is 4.32. The summed E-state index contributed by atoms with van der Waals surface area (Å²) in [6.45, 7) is 4.15. The summed E-state index contributed by atoms with van der Waals surface area (Å²) in [4.78, 5) is 58.6. The van der Waals surface area contributed by atoms with E-state index >= 15 is 0 Å². The van der Waals surface area contributed by atoms with Crippen LogP contribution in [-0.4, -0.2) is 75.8 Å². The Morgan fingerprint density at radius 1 is 0.931 bits per heavy atom. The summed E-state index contributed by atoms with van der Waals surface area (Å²) in [5.74, 6) is -5.43. The van der Waals surface area contributed by atoms with Crippen LogP contribution in [0.3, 0.4) is 0 Å². The number of carboxylic acids is 2. The summed E-state index contributed by atoms with van der Waals surface area (Å²) < 4.78 is 0. The van der Waals surface area contributed by atoms with Crippen molar-refractivity contribution in [3.8, 4) is 0 Å². The molecular weight excluding hydrogens is 388 g/mol. The zero-order valence-corrected chi connectivity index (χ0v) is 16.7. The smallest absolute Gasteiger partial charge is 0.326 e. The van der Waals surface area contributed by atoms with Crippen LogP contribution in [0.15, 0.2) is 0 Å². The molecule has 166 valence electrons. The van der Waals surface area contributed by atoms with E-state index in [-0.39, 0.29) is 6.42 Å². The molecule has 5 unspecified atom stereocenters. The number of hydrogen-bond acceptors (Lipinski definition) is 7. The van der Waals surface area contributed by atoms with Crippen LogP contribution in [-0.2, 0) is 24.0 Å². The van der Waals surface area contributed by atoms with E-state index in [9.17, 15) is 34.2 Å². The highest BCUT2D eigenvalue weighted by molar-refractivity contribution is 5.94. The van der Waals surface area contributed by atoms with Crippen LogP contribution in [0.4, 0.5) is 0 Å². The van der Waals surface area contributed by atoms with Gasteiger partial charge in [-0.1, -0.05) is 20.3 Å². The monoisotopic (exact) mass is 418 g/mol. The first kappa shape index (κ1) is 26.3. The second kappa shape index (κ2) is 12.7. The fraction of sp³-hybridized carbons (Fsp3) is 0.706. The molecule has 0 saturated carbocycles. The van der Waals surface area contributed by atoms with Crippen molar-refractivity contribution in [2.45, 2.75) is 64.3 Å². The van der Waals surface area contributed by atoms with Gasteiger partial charge in [0.25, 0.3) is 0 Å². The standard InChI is InChI=1S/C17H30N4O8/c1-4-8(2)13(17(28)29)20-16(27)14(9(3)22)21-15(26)10(5-6-12(24)25)19-11(23)7-18/h8-10,13-14,22H,4-7,18H2,1-3H3,(H,19,23)(H,20,27)(H,21,26)(H,24,25)(H,28,29). The van der Waals surface area contributed by atoms with Gasteiger partial charge in [-0.25, -0.2) is 4.79 Å². The molecule has 12 heteroatoms. The lowest BCUT2D eigenvalue weighted by Gasteiger charge is -2.27. The molecule has 0 aliphatic carbocycles. The Bertz CT molecular complexity index is 610. The average Bonchev–Trinajstić information content (AvgIpc) is 2.65. The number of carbonyl (C=O) groups is 5. The first-order valence-electron chi connectivity index (χ1n) is 9.17. The lowest BCUT2D eigenvalue weighted by molar-refractivity contribution is -0.144.